The highest BCUT2D eigenvalue weighted by Crippen LogP contribution is 2.28. The summed E-state index contributed by atoms with van der Waals surface area (Å²) in [6, 6.07) is 10.4. The highest BCUT2D eigenvalue weighted by molar-refractivity contribution is 7.17. The van der Waals surface area contributed by atoms with Gasteiger partial charge in [0, 0.05) is 49.1 Å². The van der Waals surface area contributed by atoms with E-state index in [1.165, 1.54) is 15.9 Å². The smallest absolute Gasteiger partial charge is 0.246 e. The average Bonchev–Trinajstić information content (AvgIpc) is 3.53. The lowest BCUT2D eigenvalue weighted by molar-refractivity contribution is -0.146. The molecule has 0 saturated carbocycles. The SMILES string of the molecule is CNC(=O)[C@@H](Cc1cccs1)N(C)C(=O)[C@@H](Cc1csc2ccccc12)N(C)C(=O)C=CCC(C)(C)N. The monoisotopic (exact) mass is 540 g/mol. The molecule has 3 amide bonds. The van der Waals surface area contributed by atoms with Crippen molar-refractivity contribution in [2.24, 2.45) is 5.73 Å². The van der Waals surface area contributed by atoms with Crippen LogP contribution in [0.15, 0.2) is 59.3 Å². The first-order chi connectivity index (χ1) is 17.5. The lowest BCUT2D eigenvalue weighted by Crippen LogP contribution is -2.55. The molecule has 7 nitrogen and oxygen atoms in total. The zero-order valence-corrected chi connectivity index (χ0v) is 23.7. The van der Waals surface area contributed by atoms with E-state index in [1.54, 1.807) is 49.9 Å². The fourth-order valence-corrected chi connectivity index (χ4v) is 5.82. The number of likely N-dealkylation sites (N-methyl/N-ethyl adjacent to an activating group) is 3. The first-order valence-electron chi connectivity index (χ1n) is 12.2. The van der Waals surface area contributed by atoms with Crippen LogP contribution in [0.4, 0.5) is 0 Å². The lowest BCUT2D eigenvalue weighted by Gasteiger charge is -2.34. The zero-order valence-electron chi connectivity index (χ0n) is 22.1. The molecular formula is C28H36N4O3S2. The second-order valence-corrected chi connectivity index (χ2v) is 11.8. The van der Waals surface area contributed by atoms with Crippen molar-refractivity contribution >= 4 is 50.5 Å². The minimum absolute atomic E-state index is 0.247. The summed E-state index contributed by atoms with van der Waals surface area (Å²) in [4.78, 5) is 43.9. The molecule has 3 rings (SSSR count). The summed E-state index contributed by atoms with van der Waals surface area (Å²) in [5, 5.41) is 7.74. The van der Waals surface area contributed by atoms with Gasteiger partial charge in [0.2, 0.25) is 17.7 Å². The predicted molar refractivity (Wildman–Crippen MR) is 153 cm³/mol. The molecule has 2 atom stereocenters. The standard InChI is InChI=1S/C28H36N4O3S2/c1-28(2,29)14-8-13-25(33)31(4)23(16-19-18-37-24-12-7-6-11-21(19)24)27(35)32(5)22(26(34)30-3)17-20-10-9-15-36-20/h6-13,15,18,22-23H,14,16-17,29H2,1-5H3,(H,30,34)/t22-,23-/m1/s1. The van der Waals surface area contributed by atoms with Gasteiger partial charge in [-0.25, -0.2) is 0 Å². The van der Waals surface area contributed by atoms with Crippen LogP contribution in [0.5, 0.6) is 0 Å². The molecule has 0 aliphatic heterocycles. The van der Waals surface area contributed by atoms with Crippen LogP contribution in [-0.2, 0) is 27.2 Å². The Morgan fingerprint density at radius 1 is 1.03 bits per heavy atom. The number of hydrogen-bond acceptors (Lipinski definition) is 6. The van der Waals surface area contributed by atoms with E-state index < -0.39 is 17.6 Å². The molecule has 0 spiro atoms. The third-order valence-electron chi connectivity index (χ3n) is 6.32. The Hall–Kier alpha value is -3.01. The largest absolute Gasteiger partial charge is 0.357 e. The van der Waals surface area contributed by atoms with Crippen LogP contribution in [0, 0.1) is 0 Å². The maximum atomic E-state index is 14.0. The van der Waals surface area contributed by atoms with Gasteiger partial charge in [0.05, 0.1) is 0 Å². The summed E-state index contributed by atoms with van der Waals surface area (Å²) in [5.74, 6) is -0.822. The molecule has 0 aliphatic carbocycles. The molecule has 198 valence electrons. The number of carbonyl (C=O) groups is 3. The number of fused-ring (bicyclic) bond motifs is 1. The summed E-state index contributed by atoms with van der Waals surface area (Å²) in [7, 11) is 4.84. The highest BCUT2D eigenvalue weighted by atomic mass is 32.1. The molecule has 37 heavy (non-hydrogen) atoms. The van der Waals surface area contributed by atoms with Gasteiger partial charge in [0.25, 0.3) is 0 Å². The maximum absolute atomic E-state index is 14.0. The Morgan fingerprint density at radius 3 is 2.41 bits per heavy atom. The molecule has 2 aromatic heterocycles. The van der Waals surface area contributed by atoms with Gasteiger partial charge in [-0.2, -0.15) is 0 Å². The molecule has 3 aromatic rings. The van der Waals surface area contributed by atoms with E-state index in [2.05, 4.69) is 5.32 Å². The first kappa shape index (κ1) is 28.6. The summed E-state index contributed by atoms with van der Waals surface area (Å²) in [6.45, 7) is 3.78. The normalized spacial score (nSPS) is 13.5. The number of thiophene rings is 2. The van der Waals surface area contributed by atoms with Crippen LogP contribution >= 0.6 is 22.7 Å². The van der Waals surface area contributed by atoms with Gasteiger partial charge in [-0.3, -0.25) is 14.4 Å². The zero-order chi connectivity index (χ0) is 27.2. The van der Waals surface area contributed by atoms with E-state index in [9.17, 15) is 14.4 Å². The molecule has 9 heteroatoms. The van der Waals surface area contributed by atoms with Gasteiger partial charge in [-0.05, 0) is 60.2 Å². The predicted octanol–water partition coefficient (Wildman–Crippen LogP) is 3.83. The van der Waals surface area contributed by atoms with Crippen LogP contribution in [-0.4, -0.2) is 66.3 Å². The van der Waals surface area contributed by atoms with Crippen molar-refractivity contribution in [1.82, 2.24) is 15.1 Å². The van der Waals surface area contributed by atoms with Crippen LogP contribution in [0.3, 0.4) is 0 Å². The van der Waals surface area contributed by atoms with Crippen LogP contribution < -0.4 is 11.1 Å². The summed E-state index contributed by atoms with van der Waals surface area (Å²) >= 11 is 3.15. The number of rotatable bonds is 11. The number of benzene rings is 1. The van der Waals surface area contributed by atoms with E-state index >= 15 is 0 Å². The van der Waals surface area contributed by atoms with E-state index in [0.717, 1.165) is 20.5 Å². The summed E-state index contributed by atoms with van der Waals surface area (Å²) < 4.78 is 1.12. The van der Waals surface area contributed by atoms with Crippen molar-refractivity contribution in [3.8, 4) is 0 Å². The molecule has 3 N–H and O–H groups in total. The number of carbonyl (C=O) groups excluding carboxylic acids is 3. The maximum Gasteiger partial charge on any atom is 0.246 e. The van der Waals surface area contributed by atoms with E-state index in [4.69, 9.17) is 5.73 Å². The van der Waals surface area contributed by atoms with Crippen LogP contribution in [0.1, 0.15) is 30.7 Å². The fourth-order valence-electron chi connectivity index (χ4n) is 4.10. The average molecular weight is 541 g/mol. The highest BCUT2D eigenvalue weighted by Gasteiger charge is 2.35. The second kappa shape index (κ2) is 12.5. The molecule has 2 heterocycles. The Bertz CT molecular complexity index is 1240. The minimum atomic E-state index is -0.790. The number of nitrogens with zero attached hydrogens (tertiary/aromatic N) is 2. The molecule has 0 radical (unpaired) electrons. The molecule has 0 saturated heterocycles. The number of nitrogens with two attached hydrogens (primary N) is 1. The minimum Gasteiger partial charge on any atom is -0.357 e. The van der Waals surface area contributed by atoms with Crippen molar-refractivity contribution in [3.05, 3.63) is 69.8 Å². The van der Waals surface area contributed by atoms with E-state index in [1.807, 2.05) is 61.0 Å². The van der Waals surface area contributed by atoms with Crippen LogP contribution in [0.2, 0.25) is 0 Å². The quantitative estimate of drug-likeness (QED) is 0.362. The number of nitrogens with one attached hydrogen (secondary N) is 1. The van der Waals surface area contributed by atoms with Gasteiger partial charge >= 0.3 is 0 Å². The van der Waals surface area contributed by atoms with Gasteiger partial charge in [0.15, 0.2) is 0 Å². The first-order valence-corrected chi connectivity index (χ1v) is 14.0. The second-order valence-electron chi connectivity index (χ2n) is 9.88. The van der Waals surface area contributed by atoms with Gasteiger partial charge in [0.1, 0.15) is 12.1 Å². The molecule has 1 aromatic carbocycles. The van der Waals surface area contributed by atoms with Crippen molar-refractivity contribution < 1.29 is 14.4 Å². The Morgan fingerprint density at radius 2 is 1.76 bits per heavy atom. The van der Waals surface area contributed by atoms with Gasteiger partial charge in [-0.15, -0.1) is 22.7 Å². The van der Waals surface area contributed by atoms with Crippen molar-refractivity contribution in [2.75, 3.05) is 21.1 Å². The summed E-state index contributed by atoms with van der Waals surface area (Å²) in [5.41, 5.74) is 6.60. The van der Waals surface area contributed by atoms with Gasteiger partial charge < -0.3 is 20.9 Å². The topological polar surface area (TPSA) is 95.7 Å². The fraction of sp³-hybridized carbons (Fsp3) is 0.393. The third-order valence-corrected chi connectivity index (χ3v) is 8.23. The van der Waals surface area contributed by atoms with Gasteiger partial charge in [-0.1, -0.05) is 30.3 Å². The van der Waals surface area contributed by atoms with Crippen molar-refractivity contribution in [1.29, 1.82) is 0 Å². The molecule has 0 fully saturated rings. The Kier molecular flexibility index (Phi) is 9.64. The van der Waals surface area contributed by atoms with E-state index in [0.29, 0.717) is 19.3 Å². The van der Waals surface area contributed by atoms with Crippen LogP contribution in [0.25, 0.3) is 10.1 Å². The third kappa shape index (κ3) is 7.50. The lowest BCUT2D eigenvalue weighted by atomic mass is 10.0. The Balaban J connectivity index is 1.92. The molecule has 0 unspecified atom stereocenters. The number of amides is 3. The number of hydrogen-bond donors (Lipinski definition) is 2. The van der Waals surface area contributed by atoms with E-state index in [-0.39, 0.29) is 17.7 Å². The molecular weight excluding hydrogens is 504 g/mol. The molecule has 0 bridgehead atoms. The summed E-state index contributed by atoms with van der Waals surface area (Å²) in [6.07, 6.45) is 4.48. The van der Waals surface area contributed by atoms with Crippen molar-refractivity contribution in [2.45, 2.75) is 50.7 Å². The Labute approximate surface area is 226 Å². The molecule has 0 aliphatic rings. The van der Waals surface area contributed by atoms with Crippen molar-refractivity contribution in [3.63, 3.8) is 0 Å².